The number of hydrogen-bond donors (Lipinski definition) is 1. The lowest BCUT2D eigenvalue weighted by Gasteiger charge is -2.33. The van der Waals surface area contributed by atoms with E-state index in [0.29, 0.717) is 36.8 Å². The zero-order valence-electron chi connectivity index (χ0n) is 15.1. The van der Waals surface area contributed by atoms with E-state index in [1.54, 1.807) is 12.1 Å². The molecule has 1 saturated heterocycles. The Morgan fingerprint density at radius 2 is 1.89 bits per heavy atom. The van der Waals surface area contributed by atoms with Gasteiger partial charge in [-0.15, -0.1) is 11.3 Å². The van der Waals surface area contributed by atoms with Crippen LogP contribution in [0, 0.1) is 11.8 Å². The number of piperidine rings is 1. The Morgan fingerprint density at radius 3 is 2.48 bits per heavy atom. The lowest BCUT2D eigenvalue weighted by molar-refractivity contribution is -0.126. The minimum Gasteiger partial charge on any atom is -0.352 e. The normalized spacial score (nSPS) is 17.6. The van der Waals surface area contributed by atoms with Crippen molar-refractivity contribution in [2.45, 2.75) is 30.5 Å². The van der Waals surface area contributed by atoms with Gasteiger partial charge in [0, 0.05) is 25.6 Å². The van der Waals surface area contributed by atoms with Gasteiger partial charge in [0.05, 0.1) is 4.34 Å². The van der Waals surface area contributed by atoms with E-state index in [4.69, 9.17) is 11.6 Å². The van der Waals surface area contributed by atoms with E-state index in [1.165, 1.54) is 4.31 Å². The van der Waals surface area contributed by atoms with Crippen molar-refractivity contribution in [1.82, 2.24) is 9.62 Å². The lowest BCUT2D eigenvalue weighted by atomic mass is 9.85. The highest BCUT2D eigenvalue weighted by Crippen LogP contribution is 2.32. The number of halogens is 1. The molecule has 1 aromatic carbocycles. The van der Waals surface area contributed by atoms with Gasteiger partial charge in [0.2, 0.25) is 5.91 Å². The van der Waals surface area contributed by atoms with E-state index in [1.807, 2.05) is 37.3 Å². The van der Waals surface area contributed by atoms with Crippen LogP contribution < -0.4 is 5.32 Å². The summed E-state index contributed by atoms with van der Waals surface area (Å²) in [7, 11) is -3.49. The first-order valence-corrected chi connectivity index (χ1v) is 11.6. The van der Waals surface area contributed by atoms with Crippen LogP contribution >= 0.6 is 22.9 Å². The van der Waals surface area contributed by atoms with Gasteiger partial charge < -0.3 is 5.32 Å². The predicted octanol–water partition coefficient (Wildman–Crippen LogP) is 3.75. The summed E-state index contributed by atoms with van der Waals surface area (Å²) in [5.74, 6) is 0.0547. The average molecular weight is 427 g/mol. The second kappa shape index (κ2) is 8.73. The molecule has 27 heavy (non-hydrogen) atoms. The highest BCUT2D eigenvalue weighted by Gasteiger charge is 2.34. The summed E-state index contributed by atoms with van der Waals surface area (Å²) in [5.41, 5.74) is 1.06. The molecule has 1 aromatic heterocycles. The Balaban J connectivity index is 1.53. The number of benzene rings is 1. The van der Waals surface area contributed by atoms with Crippen LogP contribution in [0.15, 0.2) is 46.7 Å². The predicted molar refractivity (Wildman–Crippen MR) is 108 cm³/mol. The quantitative estimate of drug-likeness (QED) is 0.764. The monoisotopic (exact) mass is 426 g/mol. The molecule has 0 spiro atoms. The summed E-state index contributed by atoms with van der Waals surface area (Å²) in [5, 5.41) is 2.98. The van der Waals surface area contributed by atoms with Crippen LogP contribution in [0.2, 0.25) is 4.34 Å². The number of hydrogen-bond acceptors (Lipinski definition) is 4. The van der Waals surface area contributed by atoms with Crippen LogP contribution in [0.4, 0.5) is 0 Å². The summed E-state index contributed by atoms with van der Waals surface area (Å²) in [4.78, 5) is 12.5. The maximum Gasteiger partial charge on any atom is 0.252 e. The highest BCUT2D eigenvalue weighted by atomic mass is 35.5. The number of nitrogens with one attached hydrogen (secondary N) is 1. The van der Waals surface area contributed by atoms with E-state index in [9.17, 15) is 13.2 Å². The fourth-order valence-electron chi connectivity index (χ4n) is 3.34. The molecule has 8 heteroatoms. The molecule has 0 radical (unpaired) electrons. The molecule has 1 amide bonds. The fraction of sp³-hybridized carbons (Fsp3) is 0.421. The minimum atomic E-state index is -3.49. The van der Waals surface area contributed by atoms with E-state index in [2.05, 4.69) is 5.32 Å². The molecule has 1 fully saturated rings. The first kappa shape index (κ1) is 20.3. The Bertz CT molecular complexity index is 875. The zero-order valence-corrected chi connectivity index (χ0v) is 17.5. The van der Waals surface area contributed by atoms with E-state index in [-0.39, 0.29) is 22.0 Å². The molecule has 2 aromatic rings. The number of thiophene rings is 1. The van der Waals surface area contributed by atoms with Crippen LogP contribution in [0.1, 0.15) is 25.3 Å². The molecule has 1 aliphatic heterocycles. The smallest absolute Gasteiger partial charge is 0.252 e. The molecule has 3 rings (SSSR count). The Labute approximate surface area is 169 Å². The van der Waals surface area contributed by atoms with Gasteiger partial charge in [0.25, 0.3) is 10.0 Å². The van der Waals surface area contributed by atoms with Gasteiger partial charge in [-0.25, -0.2) is 8.42 Å². The first-order valence-electron chi connectivity index (χ1n) is 8.95. The molecule has 0 bridgehead atoms. The van der Waals surface area contributed by atoms with Crippen LogP contribution in [0.25, 0.3) is 0 Å². The van der Waals surface area contributed by atoms with Gasteiger partial charge in [0.15, 0.2) is 0 Å². The van der Waals surface area contributed by atoms with Crippen LogP contribution in [-0.4, -0.2) is 31.7 Å². The molecule has 1 atom stereocenters. The fourth-order valence-corrected chi connectivity index (χ4v) is 6.45. The molecule has 0 aliphatic carbocycles. The number of sulfonamides is 1. The van der Waals surface area contributed by atoms with Gasteiger partial charge in [-0.05, 0) is 36.5 Å². The van der Waals surface area contributed by atoms with Crippen molar-refractivity contribution in [2.75, 3.05) is 13.1 Å². The molecular formula is C19H23ClN2O3S2. The molecule has 146 valence electrons. The number of carbonyl (C=O) groups excluding carboxylic acids is 1. The number of amides is 1. The van der Waals surface area contributed by atoms with Crippen molar-refractivity contribution in [2.24, 2.45) is 11.8 Å². The third-order valence-corrected chi connectivity index (χ3v) is 8.67. The Hall–Kier alpha value is -1.41. The van der Waals surface area contributed by atoms with Crippen molar-refractivity contribution >= 4 is 38.9 Å². The third kappa shape index (κ3) is 4.90. The van der Waals surface area contributed by atoms with Crippen LogP contribution in [0.3, 0.4) is 0 Å². The number of nitrogens with zero attached hydrogens (tertiary/aromatic N) is 1. The highest BCUT2D eigenvalue weighted by molar-refractivity contribution is 7.91. The van der Waals surface area contributed by atoms with Crippen molar-refractivity contribution in [3.05, 3.63) is 52.4 Å². The maximum atomic E-state index is 12.7. The van der Waals surface area contributed by atoms with Crippen molar-refractivity contribution < 1.29 is 13.2 Å². The first-order chi connectivity index (χ1) is 12.9. The summed E-state index contributed by atoms with van der Waals surface area (Å²) in [6, 6.07) is 12.9. The van der Waals surface area contributed by atoms with Crippen molar-refractivity contribution in [1.29, 1.82) is 0 Å². The van der Waals surface area contributed by atoms with E-state index >= 15 is 0 Å². The summed E-state index contributed by atoms with van der Waals surface area (Å²) >= 11 is 6.95. The van der Waals surface area contributed by atoms with E-state index in [0.717, 1.165) is 16.9 Å². The Kier molecular flexibility index (Phi) is 6.57. The van der Waals surface area contributed by atoms with Crippen LogP contribution in [0.5, 0.6) is 0 Å². The SMILES string of the molecule is C[C@@H](C(=O)NCc1ccccc1)C1CCN(S(=O)(=O)c2ccc(Cl)s2)CC1. The topological polar surface area (TPSA) is 66.5 Å². The number of rotatable bonds is 6. The molecule has 1 N–H and O–H groups in total. The summed E-state index contributed by atoms with van der Waals surface area (Å²) in [6.45, 7) is 3.29. The summed E-state index contributed by atoms with van der Waals surface area (Å²) < 4.78 is 27.6. The van der Waals surface area contributed by atoms with Crippen LogP contribution in [-0.2, 0) is 21.4 Å². The molecule has 0 saturated carbocycles. The average Bonchev–Trinajstić information content (AvgIpc) is 3.13. The Morgan fingerprint density at radius 1 is 1.22 bits per heavy atom. The largest absolute Gasteiger partial charge is 0.352 e. The van der Waals surface area contributed by atoms with Crippen molar-refractivity contribution in [3.63, 3.8) is 0 Å². The maximum absolute atomic E-state index is 12.7. The standard InChI is InChI=1S/C19H23ClN2O3S2/c1-14(19(23)21-13-15-5-3-2-4-6-15)16-9-11-22(12-10-16)27(24,25)18-8-7-17(20)26-18/h2-8,14,16H,9-13H2,1H3,(H,21,23)/t14-/m1/s1. The zero-order chi connectivity index (χ0) is 19.4. The minimum absolute atomic E-state index is 0.0187. The molecule has 1 aliphatic rings. The molecule has 0 unspecified atom stereocenters. The lowest BCUT2D eigenvalue weighted by Crippen LogP contribution is -2.42. The molecular weight excluding hydrogens is 404 g/mol. The third-order valence-electron chi connectivity index (χ3n) is 5.07. The second-order valence-electron chi connectivity index (χ2n) is 6.79. The van der Waals surface area contributed by atoms with Gasteiger partial charge in [0.1, 0.15) is 4.21 Å². The number of carbonyl (C=O) groups is 1. The van der Waals surface area contributed by atoms with Gasteiger partial charge >= 0.3 is 0 Å². The van der Waals surface area contributed by atoms with Crippen molar-refractivity contribution in [3.8, 4) is 0 Å². The molecule has 5 nitrogen and oxygen atoms in total. The molecule has 2 heterocycles. The van der Waals surface area contributed by atoms with Gasteiger partial charge in [-0.2, -0.15) is 4.31 Å². The van der Waals surface area contributed by atoms with Gasteiger partial charge in [-0.1, -0.05) is 48.9 Å². The second-order valence-corrected chi connectivity index (χ2v) is 10.7. The van der Waals surface area contributed by atoms with Gasteiger partial charge in [-0.3, -0.25) is 4.79 Å². The van der Waals surface area contributed by atoms with E-state index < -0.39 is 10.0 Å². The summed E-state index contributed by atoms with van der Waals surface area (Å²) in [6.07, 6.45) is 1.36.